The molecule has 3 heteroatoms. The molecule has 1 aromatic heterocycles. The fraction of sp³-hybridized carbons (Fsp3) is 0.214. The van der Waals surface area contributed by atoms with Crippen LogP contribution in [0.4, 0.5) is 5.69 Å². The van der Waals surface area contributed by atoms with Crippen LogP contribution in [-0.2, 0) is 6.54 Å². The van der Waals surface area contributed by atoms with Crippen molar-refractivity contribution >= 4 is 5.69 Å². The molecule has 0 aliphatic carbocycles. The fourth-order valence-corrected chi connectivity index (χ4v) is 1.87. The third kappa shape index (κ3) is 2.48. The van der Waals surface area contributed by atoms with E-state index in [1.54, 1.807) is 6.26 Å². The summed E-state index contributed by atoms with van der Waals surface area (Å²) in [5.41, 5.74) is 2.90. The number of anilines is 1. The summed E-state index contributed by atoms with van der Waals surface area (Å²) in [4.78, 5) is 2.11. The molecule has 0 fully saturated rings. The van der Waals surface area contributed by atoms with Gasteiger partial charge in [-0.2, -0.15) is 5.26 Å². The van der Waals surface area contributed by atoms with Crippen LogP contribution in [0.3, 0.4) is 0 Å². The van der Waals surface area contributed by atoms with Gasteiger partial charge in [0.15, 0.2) is 0 Å². The molecule has 0 radical (unpaired) electrons. The summed E-state index contributed by atoms with van der Waals surface area (Å²) in [6.07, 6.45) is 1.68. The van der Waals surface area contributed by atoms with Gasteiger partial charge in [0.1, 0.15) is 5.76 Å². The molecule has 86 valence electrons. The maximum Gasteiger partial charge on any atom is 0.123 e. The van der Waals surface area contributed by atoms with E-state index in [1.807, 2.05) is 44.3 Å². The number of benzene rings is 1. The first-order chi connectivity index (χ1) is 8.20. The van der Waals surface area contributed by atoms with Gasteiger partial charge in [-0.3, -0.25) is 0 Å². The number of rotatable bonds is 3. The van der Waals surface area contributed by atoms with Crippen LogP contribution in [0, 0.1) is 18.3 Å². The molecule has 0 aliphatic heterocycles. The summed E-state index contributed by atoms with van der Waals surface area (Å²) < 4.78 is 5.32. The zero-order valence-corrected chi connectivity index (χ0v) is 9.97. The van der Waals surface area contributed by atoms with Crippen molar-refractivity contribution in [2.45, 2.75) is 13.5 Å². The van der Waals surface area contributed by atoms with E-state index in [0.717, 1.165) is 23.6 Å². The molecule has 1 aromatic carbocycles. The number of aryl methyl sites for hydroxylation is 1. The van der Waals surface area contributed by atoms with E-state index in [-0.39, 0.29) is 0 Å². The van der Waals surface area contributed by atoms with Gasteiger partial charge in [0.2, 0.25) is 0 Å². The molecule has 0 unspecified atom stereocenters. The minimum absolute atomic E-state index is 0.692. The third-order valence-corrected chi connectivity index (χ3v) is 2.71. The maximum absolute atomic E-state index is 8.82. The molecule has 0 N–H and O–H groups in total. The van der Waals surface area contributed by atoms with Crippen molar-refractivity contribution in [2.24, 2.45) is 0 Å². The Morgan fingerprint density at radius 2 is 2.18 bits per heavy atom. The molecule has 0 saturated carbocycles. The van der Waals surface area contributed by atoms with Crippen molar-refractivity contribution in [3.8, 4) is 6.07 Å². The van der Waals surface area contributed by atoms with Crippen LogP contribution in [0.2, 0.25) is 0 Å². The van der Waals surface area contributed by atoms with Gasteiger partial charge in [0, 0.05) is 12.7 Å². The Balaban J connectivity index is 2.20. The molecule has 1 heterocycles. The molecular formula is C14H14N2O. The molecule has 0 bridgehead atoms. The predicted molar refractivity (Wildman–Crippen MR) is 66.7 cm³/mol. The van der Waals surface area contributed by atoms with Crippen molar-refractivity contribution in [3.63, 3.8) is 0 Å². The first kappa shape index (κ1) is 11.3. The third-order valence-electron chi connectivity index (χ3n) is 2.71. The Kier molecular flexibility index (Phi) is 3.15. The van der Waals surface area contributed by atoms with Crippen LogP contribution in [0.15, 0.2) is 41.0 Å². The Hall–Kier alpha value is -2.21. The van der Waals surface area contributed by atoms with Gasteiger partial charge >= 0.3 is 0 Å². The molecular weight excluding hydrogens is 212 g/mol. The number of furan rings is 1. The van der Waals surface area contributed by atoms with Gasteiger partial charge < -0.3 is 9.32 Å². The van der Waals surface area contributed by atoms with Crippen molar-refractivity contribution in [1.29, 1.82) is 5.26 Å². The lowest BCUT2D eigenvalue weighted by Crippen LogP contribution is -2.16. The normalized spacial score (nSPS) is 9.94. The Bertz CT molecular complexity index is 538. The van der Waals surface area contributed by atoms with Crippen LogP contribution in [-0.4, -0.2) is 7.05 Å². The molecule has 0 atom stereocenters. The first-order valence-electron chi connectivity index (χ1n) is 5.45. The topological polar surface area (TPSA) is 40.2 Å². The van der Waals surface area contributed by atoms with Gasteiger partial charge in [-0.1, -0.05) is 0 Å². The fourth-order valence-electron chi connectivity index (χ4n) is 1.87. The van der Waals surface area contributed by atoms with E-state index in [2.05, 4.69) is 11.0 Å². The van der Waals surface area contributed by atoms with Crippen molar-refractivity contribution in [1.82, 2.24) is 0 Å². The molecule has 0 spiro atoms. The van der Waals surface area contributed by atoms with Gasteiger partial charge in [-0.05, 0) is 42.8 Å². The minimum atomic E-state index is 0.692. The van der Waals surface area contributed by atoms with Gasteiger partial charge in [-0.25, -0.2) is 0 Å². The molecule has 2 rings (SSSR count). The second kappa shape index (κ2) is 4.75. The van der Waals surface area contributed by atoms with Gasteiger partial charge in [-0.15, -0.1) is 0 Å². The highest BCUT2D eigenvalue weighted by Gasteiger charge is 2.07. The Morgan fingerprint density at radius 3 is 2.76 bits per heavy atom. The van der Waals surface area contributed by atoms with E-state index in [0.29, 0.717) is 5.56 Å². The highest BCUT2D eigenvalue weighted by Crippen LogP contribution is 2.21. The summed E-state index contributed by atoms with van der Waals surface area (Å²) in [5.74, 6) is 0.927. The van der Waals surface area contributed by atoms with E-state index < -0.39 is 0 Å². The van der Waals surface area contributed by atoms with Crippen LogP contribution < -0.4 is 4.90 Å². The monoisotopic (exact) mass is 226 g/mol. The number of hydrogen-bond acceptors (Lipinski definition) is 3. The Morgan fingerprint density at radius 1 is 1.35 bits per heavy atom. The van der Waals surface area contributed by atoms with Crippen molar-refractivity contribution in [2.75, 3.05) is 11.9 Å². The van der Waals surface area contributed by atoms with E-state index in [4.69, 9.17) is 9.68 Å². The molecule has 2 aromatic rings. The predicted octanol–water partition coefficient (Wildman–Crippen LogP) is 3.10. The molecule has 0 aliphatic rings. The lowest BCUT2D eigenvalue weighted by atomic mass is 10.1. The smallest absolute Gasteiger partial charge is 0.123 e. The number of nitriles is 1. The average Bonchev–Trinajstić information content (AvgIpc) is 2.81. The lowest BCUT2D eigenvalue weighted by Gasteiger charge is -2.20. The minimum Gasteiger partial charge on any atom is -0.467 e. The van der Waals surface area contributed by atoms with Crippen LogP contribution in [0.5, 0.6) is 0 Å². The standard InChI is InChI=1S/C14H14N2O/c1-11-8-12(9-15)5-6-14(11)16(2)10-13-4-3-7-17-13/h3-8H,10H2,1-2H3. The second-order valence-electron chi connectivity index (χ2n) is 4.05. The zero-order valence-electron chi connectivity index (χ0n) is 9.97. The van der Waals surface area contributed by atoms with Crippen molar-refractivity contribution < 1.29 is 4.42 Å². The SMILES string of the molecule is Cc1cc(C#N)ccc1N(C)Cc1ccco1. The van der Waals surface area contributed by atoms with Crippen molar-refractivity contribution in [3.05, 3.63) is 53.5 Å². The molecule has 0 amide bonds. The largest absolute Gasteiger partial charge is 0.467 e. The van der Waals surface area contributed by atoms with Crippen LogP contribution in [0.25, 0.3) is 0 Å². The quantitative estimate of drug-likeness (QED) is 0.807. The summed E-state index contributed by atoms with van der Waals surface area (Å²) in [6, 6.07) is 11.7. The summed E-state index contributed by atoms with van der Waals surface area (Å²) in [5, 5.41) is 8.82. The zero-order chi connectivity index (χ0) is 12.3. The molecule has 3 nitrogen and oxygen atoms in total. The number of hydrogen-bond donors (Lipinski definition) is 0. The van der Waals surface area contributed by atoms with E-state index in [1.165, 1.54) is 0 Å². The number of nitrogens with zero attached hydrogens (tertiary/aromatic N) is 2. The molecule has 17 heavy (non-hydrogen) atoms. The average molecular weight is 226 g/mol. The maximum atomic E-state index is 8.82. The lowest BCUT2D eigenvalue weighted by molar-refractivity contribution is 0.507. The first-order valence-corrected chi connectivity index (χ1v) is 5.45. The second-order valence-corrected chi connectivity index (χ2v) is 4.05. The summed E-state index contributed by atoms with van der Waals surface area (Å²) in [7, 11) is 2.01. The van der Waals surface area contributed by atoms with Crippen LogP contribution >= 0.6 is 0 Å². The van der Waals surface area contributed by atoms with E-state index >= 15 is 0 Å². The highest BCUT2D eigenvalue weighted by molar-refractivity contribution is 5.55. The van der Waals surface area contributed by atoms with Crippen LogP contribution in [0.1, 0.15) is 16.9 Å². The molecule has 0 saturated heterocycles. The Labute approximate surface area is 101 Å². The summed E-state index contributed by atoms with van der Waals surface area (Å²) in [6.45, 7) is 2.73. The van der Waals surface area contributed by atoms with Gasteiger partial charge in [0.25, 0.3) is 0 Å². The van der Waals surface area contributed by atoms with E-state index in [9.17, 15) is 0 Å². The highest BCUT2D eigenvalue weighted by atomic mass is 16.3. The summed E-state index contributed by atoms with van der Waals surface area (Å²) >= 11 is 0. The van der Waals surface area contributed by atoms with Gasteiger partial charge in [0.05, 0.1) is 24.4 Å².